The summed E-state index contributed by atoms with van der Waals surface area (Å²) in [5.41, 5.74) is 3.47. The molecule has 1 heterocycles. The predicted molar refractivity (Wildman–Crippen MR) is 96.7 cm³/mol. The summed E-state index contributed by atoms with van der Waals surface area (Å²) in [6, 6.07) is 16.2. The summed E-state index contributed by atoms with van der Waals surface area (Å²) in [7, 11) is 0. The average Bonchev–Trinajstić information content (AvgIpc) is 3.08. The number of nitrogens with zero attached hydrogens (tertiary/aromatic N) is 2. The van der Waals surface area contributed by atoms with Crippen molar-refractivity contribution < 1.29 is 9.53 Å². The first kappa shape index (κ1) is 15.6. The van der Waals surface area contributed by atoms with Crippen LogP contribution in [-0.2, 0) is 6.61 Å². The number of rotatable bonds is 6. The van der Waals surface area contributed by atoms with E-state index in [1.54, 1.807) is 0 Å². The lowest BCUT2D eigenvalue weighted by Crippen LogP contribution is -2.16. The summed E-state index contributed by atoms with van der Waals surface area (Å²) in [6.07, 6.45) is 8.37. The second-order valence-corrected chi connectivity index (χ2v) is 6.40. The molecule has 0 amide bonds. The molecule has 4 rings (SSSR count). The van der Waals surface area contributed by atoms with Crippen molar-refractivity contribution in [2.75, 3.05) is 0 Å². The van der Waals surface area contributed by atoms with Gasteiger partial charge in [0.25, 0.3) is 0 Å². The highest BCUT2D eigenvalue weighted by atomic mass is 16.5. The predicted octanol–water partition coefficient (Wildman–Crippen LogP) is 4.67. The van der Waals surface area contributed by atoms with Crippen LogP contribution in [0.4, 0.5) is 0 Å². The van der Waals surface area contributed by atoms with Crippen LogP contribution in [0.15, 0.2) is 60.9 Å². The monoisotopic (exact) mass is 332 g/mol. The van der Waals surface area contributed by atoms with Gasteiger partial charge < -0.3 is 4.74 Å². The van der Waals surface area contributed by atoms with Crippen LogP contribution in [-0.4, -0.2) is 16.1 Å². The molecule has 4 heteroatoms. The smallest absolute Gasteiger partial charge is 0.154 e. The fourth-order valence-electron chi connectivity index (χ4n) is 3.11. The van der Waals surface area contributed by atoms with Crippen LogP contribution >= 0.6 is 0 Å². The molecular weight excluding hydrogens is 312 g/mol. The fraction of sp³-hybridized carbons (Fsp3) is 0.238. The molecule has 1 aliphatic rings. The molecule has 0 radical (unpaired) electrons. The highest BCUT2D eigenvalue weighted by Crippen LogP contribution is 2.34. The summed E-state index contributed by atoms with van der Waals surface area (Å²) in [6.45, 7) is 0.437. The van der Waals surface area contributed by atoms with Crippen LogP contribution in [0, 0.1) is 0 Å². The zero-order valence-electron chi connectivity index (χ0n) is 14.0. The molecule has 0 saturated heterocycles. The van der Waals surface area contributed by atoms with Crippen molar-refractivity contribution in [3.05, 3.63) is 72.1 Å². The molecule has 3 aromatic rings. The fourth-order valence-corrected chi connectivity index (χ4v) is 3.11. The van der Waals surface area contributed by atoms with E-state index >= 15 is 0 Å². The number of aldehydes is 1. The summed E-state index contributed by atoms with van der Waals surface area (Å²) in [5.74, 6) is 0.604. The van der Waals surface area contributed by atoms with E-state index in [0.29, 0.717) is 24.0 Å². The maximum Gasteiger partial charge on any atom is 0.154 e. The molecule has 25 heavy (non-hydrogen) atoms. The molecule has 0 bridgehead atoms. The van der Waals surface area contributed by atoms with E-state index in [9.17, 15) is 4.79 Å². The Morgan fingerprint density at radius 1 is 1.12 bits per heavy atom. The van der Waals surface area contributed by atoms with Gasteiger partial charge in [-0.3, -0.25) is 9.48 Å². The third kappa shape index (κ3) is 3.20. The standard InChI is InChI=1S/C21H20N2O2/c24-14-20-19(17-12-22-23(13-17)18-8-4-9-18)10-5-11-21(20)25-15-16-6-2-1-3-7-16/h1-3,5-7,10-14,18H,4,8-9,15H2. The number of carbonyl (C=O) groups is 1. The van der Waals surface area contributed by atoms with Crippen LogP contribution in [0.5, 0.6) is 5.75 Å². The second-order valence-electron chi connectivity index (χ2n) is 6.40. The minimum Gasteiger partial charge on any atom is -0.488 e. The number of ether oxygens (including phenoxy) is 1. The lowest BCUT2D eigenvalue weighted by molar-refractivity contribution is 0.111. The third-order valence-corrected chi connectivity index (χ3v) is 4.78. The average molecular weight is 332 g/mol. The molecular formula is C21H20N2O2. The van der Waals surface area contributed by atoms with E-state index in [2.05, 4.69) is 5.10 Å². The van der Waals surface area contributed by atoms with Gasteiger partial charge in [-0.1, -0.05) is 42.5 Å². The number of hydrogen-bond donors (Lipinski definition) is 0. The van der Waals surface area contributed by atoms with E-state index in [1.807, 2.05) is 65.6 Å². The van der Waals surface area contributed by atoms with Gasteiger partial charge >= 0.3 is 0 Å². The van der Waals surface area contributed by atoms with Crippen LogP contribution in [0.3, 0.4) is 0 Å². The van der Waals surface area contributed by atoms with Gasteiger partial charge in [0.1, 0.15) is 12.4 Å². The maximum absolute atomic E-state index is 11.7. The SMILES string of the molecule is O=Cc1c(OCc2ccccc2)cccc1-c1cnn(C2CCC2)c1. The van der Waals surface area contributed by atoms with Crippen LogP contribution in [0.2, 0.25) is 0 Å². The molecule has 0 unspecified atom stereocenters. The zero-order valence-corrected chi connectivity index (χ0v) is 14.0. The van der Waals surface area contributed by atoms with Gasteiger partial charge in [-0.05, 0) is 36.5 Å². The lowest BCUT2D eigenvalue weighted by atomic mass is 9.93. The first-order valence-electron chi connectivity index (χ1n) is 8.64. The van der Waals surface area contributed by atoms with Crippen molar-refractivity contribution in [2.45, 2.75) is 31.9 Å². The number of hydrogen-bond acceptors (Lipinski definition) is 3. The second kappa shape index (κ2) is 6.93. The maximum atomic E-state index is 11.7. The molecule has 0 spiro atoms. The van der Waals surface area contributed by atoms with Crippen molar-refractivity contribution in [1.82, 2.24) is 9.78 Å². The quantitative estimate of drug-likeness (QED) is 0.616. The molecule has 2 aromatic carbocycles. The van der Waals surface area contributed by atoms with Gasteiger partial charge in [-0.25, -0.2) is 0 Å². The van der Waals surface area contributed by atoms with Crippen LogP contribution < -0.4 is 4.74 Å². The van der Waals surface area contributed by atoms with Gasteiger partial charge in [-0.15, -0.1) is 0 Å². The lowest BCUT2D eigenvalue weighted by Gasteiger charge is -2.25. The van der Waals surface area contributed by atoms with Crippen molar-refractivity contribution in [3.8, 4) is 16.9 Å². The Morgan fingerprint density at radius 3 is 2.68 bits per heavy atom. The molecule has 0 aliphatic heterocycles. The van der Waals surface area contributed by atoms with E-state index in [0.717, 1.165) is 23.0 Å². The van der Waals surface area contributed by atoms with Crippen molar-refractivity contribution in [3.63, 3.8) is 0 Å². The van der Waals surface area contributed by atoms with Crippen LogP contribution in [0.1, 0.15) is 41.2 Å². The molecule has 1 fully saturated rings. The first-order chi connectivity index (χ1) is 12.3. The van der Waals surface area contributed by atoms with Crippen molar-refractivity contribution >= 4 is 6.29 Å². The summed E-state index contributed by atoms with van der Waals surface area (Å²) in [5, 5.41) is 4.47. The highest BCUT2D eigenvalue weighted by Gasteiger charge is 2.21. The van der Waals surface area contributed by atoms with Crippen molar-refractivity contribution in [2.24, 2.45) is 0 Å². The molecule has 0 atom stereocenters. The molecule has 0 N–H and O–H groups in total. The Balaban J connectivity index is 1.60. The van der Waals surface area contributed by atoms with Crippen molar-refractivity contribution in [1.29, 1.82) is 0 Å². The van der Waals surface area contributed by atoms with Gasteiger partial charge in [0.15, 0.2) is 6.29 Å². The Bertz CT molecular complexity index is 867. The molecule has 1 saturated carbocycles. The Kier molecular flexibility index (Phi) is 4.34. The van der Waals surface area contributed by atoms with E-state index in [-0.39, 0.29) is 0 Å². The van der Waals surface area contributed by atoms with Crippen LogP contribution in [0.25, 0.3) is 11.1 Å². The number of benzene rings is 2. The zero-order chi connectivity index (χ0) is 17.1. The largest absolute Gasteiger partial charge is 0.488 e. The Morgan fingerprint density at radius 2 is 1.96 bits per heavy atom. The summed E-state index contributed by atoms with van der Waals surface area (Å²) < 4.78 is 7.92. The summed E-state index contributed by atoms with van der Waals surface area (Å²) >= 11 is 0. The Hall–Kier alpha value is -2.88. The topological polar surface area (TPSA) is 44.1 Å². The van der Waals surface area contributed by atoms with E-state index in [4.69, 9.17) is 4.74 Å². The number of aromatic nitrogens is 2. The molecule has 126 valence electrons. The number of carbonyl (C=O) groups excluding carboxylic acids is 1. The molecule has 1 aromatic heterocycles. The minimum atomic E-state index is 0.437. The Labute approximate surface area is 147 Å². The highest BCUT2D eigenvalue weighted by molar-refractivity contribution is 5.90. The van der Waals surface area contributed by atoms with E-state index < -0.39 is 0 Å². The van der Waals surface area contributed by atoms with E-state index in [1.165, 1.54) is 19.3 Å². The molecule has 1 aliphatic carbocycles. The third-order valence-electron chi connectivity index (χ3n) is 4.78. The normalized spacial score (nSPS) is 14.1. The molecule has 4 nitrogen and oxygen atoms in total. The first-order valence-corrected chi connectivity index (χ1v) is 8.64. The van der Waals surface area contributed by atoms with Gasteiger partial charge in [-0.2, -0.15) is 5.10 Å². The van der Waals surface area contributed by atoms with Gasteiger partial charge in [0, 0.05) is 11.8 Å². The van der Waals surface area contributed by atoms with Gasteiger partial charge in [0.2, 0.25) is 0 Å². The van der Waals surface area contributed by atoms with Gasteiger partial charge in [0.05, 0.1) is 17.8 Å². The minimum absolute atomic E-state index is 0.437. The summed E-state index contributed by atoms with van der Waals surface area (Å²) in [4.78, 5) is 11.7.